The number of esters is 1. The highest BCUT2D eigenvalue weighted by atomic mass is 16.5. The first-order valence-corrected chi connectivity index (χ1v) is 9.31. The van der Waals surface area contributed by atoms with E-state index in [1.54, 1.807) is 19.1 Å². The second-order valence-electron chi connectivity index (χ2n) is 6.74. The number of benzene rings is 2. The molecule has 144 valence electrons. The smallest absolute Gasteiger partial charge is 0.338 e. The van der Waals surface area contributed by atoms with E-state index >= 15 is 0 Å². The van der Waals surface area contributed by atoms with E-state index in [4.69, 9.17) is 4.74 Å². The van der Waals surface area contributed by atoms with Gasteiger partial charge in [0.1, 0.15) is 0 Å². The number of nitrogens with one attached hydrogen (secondary N) is 1. The topological polar surface area (TPSA) is 60.3 Å². The van der Waals surface area contributed by atoms with Crippen molar-refractivity contribution in [1.29, 1.82) is 0 Å². The summed E-state index contributed by atoms with van der Waals surface area (Å²) in [5.74, 6) is -0.646. The molecule has 28 heavy (non-hydrogen) atoms. The lowest BCUT2D eigenvalue weighted by Gasteiger charge is -2.17. The molecule has 0 radical (unpaired) electrons. The summed E-state index contributed by atoms with van der Waals surface area (Å²) in [5, 5.41) is 2.85. The number of hydrogen-bond donors (Lipinski definition) is 1. The molecule has 5 heteroatoms. The van der Waals surface area contributed by atoms with Crippen molar-refractivity contribution in [3.8, 4) is 5.69 Å². The van der Waals surface area contributed by atoms with Crippen LogP contribution in [0.4, 0.5) is 0 Å². The zero-order valence-electron chi connectivity index (χ0n) is 16.0. The molecule has 0 saturated carbocycles. The Balaban J connectivity index is 1.51. The fourth-order valence-corrected chi connectivity index (χ4v) is 2.86. The predicted molar refractivity (Wildman–Crippen MR) is 109 cm³/mol. The van der Waals surface area contributed by atoms with E-state index in [-0.39, 0.29) is 11.8 Å². The van der Waals surface area contributed by atoms with Crippen LogP contribution in [0.1, 0.15) is 35.7 Å². The maximum atomic E-state index is 12.3. The molecular weight excluding hydrogens is 352 g/mol. The summed E-state index contributed by atoms with van der Waals surface area (Å²) < 4.78 is 7.25. The monoisotopic (exact) mass is 376 g/mol. The summed E-state index contributed by atoms with van der Waals surface area (Å²) in [5.41, 5.74) is 2.51. The van der Waals surface area contributed by atoms with Gasteiger partial charge in [-0.15, -0.1) is 0 Å². The van der Waals surface area contributed by atoms with Gasteiger partial charge < -0.3 is 14.6 Å². The van der Waals surface area contributed by atoms with Crippen LogP contribution in [0.5, 0.6) is 0 Å². The van der Waals surface area contributed by atoms with Crippen molar-refractivity contribution in [2.75, 3.05) is 6.54 Å². The fraction of sp³-hybridized carbons (Fsp3) is 0.217. The molecule has 2 aromatic carbocycles. The van der Waals surface area contributed by atoms with Crippen molar-refractivity contribution in [2.24, 2.45) is 0 Å². The van der Waals surface area contributed by atoms with Crippen LogP contribution in [0.2, 0.25) is 0 Å². The Morgan fingerprint density at radius 1 is 0.929 bits per heavy atom. The standard InChI is InChI=1S/C23H24N2O3/c1-17(19-8-4-3-5-9-19)16-24-22(26)18(2)28-23(27)20-10-12-21(13-11-20)25-14-6-7-15-25/h3-15,17-18H,16H2,1-2H3,(H,24,26)/t17-,18-/m1/s1. The lowest BCUT2D eigenvalue weighted by Crippen LogP contribution is -2.37. The van der Waals surface area contributed by atoms with Gasteiger partial charge in [-0.1, -0.05) is 37.3 Å². The Bertz CT molecular complexity index is 903. The van der Waals surface area contributed by atoms with Gasteiger partial charge in [0, 0.05) is 24.6 Å². The van der Waals surface area contributed by atoms with Gasteiger partial charge in [0.2, 0.25) is 0 Å². The Labute approximate surface area is 165 Å². The minimum atomic E-state index is -0.861. The van der Waals surface area contributed by atoms with Gasteiger partial charge in [-0.3, -0.25) is 4.79 Å². The average Bonchev–Trinajstić information content (AvgIpc) is 3.27. The van der Waals surface area contributed by atoms with E-state index in [1.807, 2.05) is 78.5 Å². The van der Waals surface area contributed by atoms with E-state index in [2.05, 4.69) is 5.32 Å². The number of carbonyl (C=O) groups excluding carboxylic acids is 2. The summed E-state index contributed by atoms with van der Waals surface area (Å²) in [4.78, 5) is 24.6. The molecule has 3 aromatic rings. The zero-order chi connectivity index (χ0) is 19.9. The molecule has 2 atom stereocenters. The van der Waals surface area contributed by atoms with Crippen LogP contribution in [0.15, 0.2) is 79.1 Å². The minimum Gasteiger partial charge on any atom is -0.449 e. The van der Waals surface area contributed by atoms with Crippen molar-refractivity contribution in [3.05, 3.63) is 90.3 Å². The highest BCUT2D eigenvalue weighted by molar-refractivity contribution is 5.92. The van der Waals surface area contributed by atoms with Crippen LogP contribution in [0, 0.1) is 0 Å². The third-order valence-corrected chi connectivity index (χ3v) is 4.61. The van der Waals surface area contributed by atoms with Crippen molar-refractivity contribution in [2.45, 2.75) is 25.9 Å². The molecular formula is C23H24N2O3. The van der Waals surface area contributed by atoms with Gasteiger partial charge in [-0.2, -0.15) is 0 Å². The number of ether oxygens (including phenoxy) is 1. The first-order chi connectivity index (χ1) is 13.5. The van der Waals surface area contributed by atoms with E-state index < -0.39 is 12.1 Å². The zero-order valence-corrected chi connectivity index (χ0v) is 16.0. The third kappa shape index (κ3) is 4.88. The minimum absolute atomic E-state index is 0.175. The molecule has 0 spiro atoms. The predicted octanol–water partition coefficient (Wildman–Crippen LogP) is 3.94. The summed E-state index contributed by atoms with van der Waals surface area (Å²) in [7, 11) is 0. The summed E-state index contributed by atoms with van der Waals surface area (Å²) in [6, 6.07) is 20.9. The maximum Gasteiger partial charge on any atom is 0.338 e. The van der Waals surface area contributed by atoms with Crippen LogP contribution >= 0.6 is 0 Å². The number of hydrogen-bond acceptors (Lipinski definition) is 3. The highest BCUT2D eigenvalue weighted by Gasteiger charge is 2.19. The van der Waals surface area contributed by atoms with Crippen LogP contribution in [-0.2, 0) is 9.53 Å². The molecule has 1 heterocycles. The lowest BCUT2D eigenvalue weighted by molar-refractivity contribution is -0.129. The average molecular weight is 376 g/mol. The second-order valence-corrected chi connectivity index (χ2v) is 6.74. The van der Waals surface area contributed by atoms with Crippen LogP contribution in [0.3, 0.4) is 0 Å². The first-order valence-electron chi connectivity index (χ1n) is 9.31. The molecule has 0 aliphatic rings. The summed E-state index contributed by atoms with van der Waals surface area (Å²) in [6.07, 6.45) is 2.99. The molecule has 3 rings (SSSR count). The van der Waals surface area contributed by atoms with Crippen molar-refractivity contribution in [3.63, 3.8) is 0 Å². The molecule has 1 aromatic heterocycles. The first kappa shape index (κ1) is 19.4. The van der Waals surface area contributed by atoms with Gasteiger partial charge >= 0.3 is 5.97 Å². The van der Waals surface area contributed by atoms with Gasteiger partial charge in [0.15, 0.2) is 6.10 Å². The normalized spacial score (nSPS) is 12.8. The highest BCUT2D eigenvalue weighted by Crippen LogP contribution is 2.14. The molecule has 0 fully saturated rings. The molecule has 0 saturated heterocycles. The number of carbonyl (C=O) groups is 2. The Kier molecular flexibility index (Phi) is 6.27. The van der Waals surface area contributed by atoms with Gasteiger partial charge in [0.25, 0.3) is 5.91 Å². The SMILES string of the molecule is C[C@H](CNC(=O)[C@@H](C)OC(=O)c1ccc(-n2cccc2)cc1)c1ccccc1. The van der Waals surface area contributed by atoms with Crippen LogP contribution in [-0.4, -0.2) is 29.1 Å². The Hall–Kier alpha value is -3.34. The largest absolute Gasteiger partial charge is 0.449 e. The van der Waals surface area contributed by atoms with E-state index in [0.29, 0.717) is 12.1 Å². The van der Waals surface area contributed by atoms with Crippen molar-refractivity contribution >= 4 is 11.9 Å². The van der Waals surface area contributed by atoms with Gasteiger partial charge in [-0.25, -0.2) is 4.79 Å². The van der Waals surface area contributed by atoms with E-state index in [1.165, 1.54) is 0 Å². The lowest BCUT2D eigenvalue weighted by atomic mass is 10.0. The molecule has 1 N–H and O–H groups in total. The van der Waals surface area contributed by atoms with Crippen molar-refractivity contribution in [1.82, 2.24) is 9.88 Å². The van der Waals surface area contributed by atoms with Crippen LogP contribution < -0.4 is 5.32 Å². The Morgan fingerprint density at radius 3 is 2.21 bits per heavy atom. The summed E-state index contributed by atoms with van der Waals surface area (Å²) in [6.45, 7) is 4.10. The molecule has 0 aliphatic carbocycles. The van der Waals surface area contributed by atoms with E-state index in [9.17, 15) is 9.59 Å². The number of aromatic nitrogens is 1. The molecule has 0 aliphatic heterocycles. The molecule has 1 amide bonds. The van der Waals surface area contributed by atoms with Crippen molar-refractivity contribution < 1.29 is 14.3 Å². The second kappa shape index (κ2) is 9.04. The maximum absolute atomic E-state index is 12.3. The van der Waals surface area contributed by atoms with E-state index in [0.717, 1.165) is 11.3 Å². The quantitative estimate of drug-likeness (QED) is 0.635. The van der Waals surface area contributed by atoms with Gasteiger partial charge in [0.05, 0.1) is 5.56 Å². The Morgan fingerprint density at radius 2 is 1.57 bits per heavy atom. The molecule has 0 unspecified atom stereocenters. The van der Waals surface area contributed by atoms with Gasteiger partial charge in [-0.05, 0) is 54.8 Å². The molecule has 0 bridgehead atoms. The number of rotatable bonds is 7. The third-order valence-electron chi connectivity index (χ3n) is 4.61. The molecule has 5 nitrogen and oxygen atoms in total. The number of amides is 1. The fourth-order valence-electron chi connectivity index (χ4n) is 2.86. The number of nitrogens with zero attached hydrogens (tertiary/aromatic N) is 1. The van der Waals surface area contributed by atoms with Crippen LogP contribution in [0.25, 0.3) is 5.69 Å². The summed E-state index contributed by atoms with van der Waals surface area (Å²) >= 11 is 0.